The lowest BCUT2D eigenvalue weighted by Gasteiger charge is -2.10. The van der Waals surface area contributed by atoms with Crippen LogP contribution < -0.4 is 5.32 Å². The molecule has 4 heteroatoms. The van der Waals surface area contributed by atoms with Crippen molar-refractivity contribution in [3.05, 3.63) is 15.0 Å². The van der Waals surface area contributed by atoms with Crippen LogP contribution in [-0.4, -0.2) is 11.0 Å². The lowest BCUT2D eigenvalue weighted by Crippen LogP contribution is -2.25. The van der Waals surface area contributed by atoms with Gasteiger partial charge in [-0.15, -0.1) is 11.3 Å². The Morgan fingerprint density at radius 3 is 3.07 bits per heavy atom. The van der Waals surface area contributed by atoms with E-state index in [1.807, 2.05) is 6.20 Å². The molecule has 14 heavy (non-hydrogen) atoms. The Bertz CT molecular complexity index is 300. The van der Waals surface area contributed by atoms with E-state index >= 15 is 0 Å². The van der Waals surface area contributed by atoms with Crippen LogP contribution in [0.15, 0.2) is 9.98 Å². The summed E-state index contributed by atoms with van der Waals surface area (Å²) in [5.41, 5.74) is 0. The topological polar surface area (TPSA) is 24.9 Å². The molecule has 1 heterocycles. The smallest absolute Gasteiger partial charge is 0.107 e. The molecule has 1 aliphatic rings. The number of hydrogen-bond acceptors (Lipinski definition) is 3. The van der Waals surface area contributed by atoms with E-state index in [4.69, 9.17) is 0 Å². The van der Waals surface area contributed by atoms with Gasteiger partial charge < -0.3 is 5.32 Å². The van der Waals surface area contributed by atoms with Crippen molar-refractivity contribution in [3.63, 3.8) is 0 Å². The molecule has 0 aliphatic heterocycles. The molecule has 1 aliphatic carbocycles. The summed E-state index contributed by atoms with van der Waals surface area (Å²) in [4.78, 5) is 4.30. The first-order valence-electron chi connectivity index (χ1n) is 5.07. The Morgan fingerprint density at radius 2 is 2.50 bits per heavy atom. The first-order valence-corrected chi connectivity index (χ1v) is 6.68. The fraction of sp³-hybridized carbons (Fsp3) is 0.700. The third kappa shape index (κ3) is 2.78. The summed E-state index contributed by atoms with van der Waals surface area (Å²) in [7, 11) is 0. The van der Waals surface area contributed by atoms with Crippen molar-refractivity contribution in [2.24, 2.45) is 5.92 Å². The fourth-order valence-electron chi connectivity index (χ4n) is 1.99. The standard InChI is InChI=1S/C10H15BrN2S/c1-7-2-3-8(4-7)12-6-10-13-5-9(11)14-10/h5,7-8,12H,2-4,6H2,1H3. The first-order chi connectivity index (χ1) is 6.74. The molecule has 0 aromatic carbocycles. The van der Waals surface area contributed by atoms with Gasteiger partial charge >= 0.3 is 0 Å². The largest absolute Gasteiger partial charge is 0.308 e. The van der Waals surface area contributed by atoms with Gasteiger partial charge in [0, 0.05) is 12.6 Å². The summed E-state index contributed by atoms with van der Waals surface area (Å²) in [5.74, 6) is 0.899. The highest BCUT2D eigenvalue weighted by Gasteiger charge is 2.20. The summed E-state index contributed by atoms with van der Waals surface area (Å²) in [6.07, 6.45) is 5.90. The van der Waals surface area contributed by atoms with Crippen LogP contribution in [0.3, 0.4) is 0 Å². The normalized spacial score (nSPS) is 27.0. The average molecular weight is 275 g/mol. The van der Waals surface area contributed by atoms with E-state index in [9.17, 15) is 0 Å². The molecule has 1 aromatic heterocycles. The molecular weight excluding hydrogens is 260 g/mol. The monoisotopic (exact) mass is 274 g/mol. The lowest BCUT2D eigenvalue weighted by atomic mass is 10.1. The van der Waals surface area contributed by atoms with Crippen molar-refractivity contribution < 1.29 is 0 Å². The molecule has 1 N–H and O–H groups in total. The van der Waals surface area contributed by atoms with Crippen molar-refractivity contribution in [2.75, 3.05) is 0 Å². The summed E-state index contributed by atoms with van der Waals surface area (Å²) in [6.45, 7) is 3.26. The van der Waals surface area contributed by atoms with E-state index in [0.29, 0.717) is 6.04 Å². The molecular formula is C10H15BrN2S. The Balaban J connectivity index is 1.77. The second-order valence-electron chi connectivity index (χ2n) is 4.05. The zero-order valence-corrected chi connectivity index (χ0v) is 10.7. The van der Waals surface area contributed by atoms with E-state index in [1.54, 1.807) is 11.3 Å². The van der Waals surface area contributed by atoms with E-state index in [2.05, 4.69) is 33.2 Å². The third-order valence-corrected chi connectivity index (χ3v) is 4.24. The highest BCUT2D eigenvalue weighted by atomic mass is 79.9. The molecule has 0 saturated heterocycles. The predicted octanol–water partition coefficient (Wildman–Crippen LogP) is 3.18. The molecule has 1 saturated carbocycles. The van der Waals surface area contributed by atoms with Crippen molar-refractivity contribution in [3.8, 4) is 0 Å². The Labute approximate surface area is 97.3 Å². The molecule has 2 nitrogen and oxygen atoms in total. The van der Waals surface area contributed by atoms with Gasteiger partial charge in [-0.2, -0.15) is 0 Å². The van der Waals surface area contributed by atoms with Crippen molar-refractivity contribution in [2.45, 2.75) is 38.8 Å². The van der Waals surface area contributed by atoms with Crippen LogP contribution in [0, 0.1) is 5.92 Å². The zero-order chi connectivity index (χ0) is 9.97. The summed E-state index contributed by atoms with van der Waals surface area (Å²) in [5, 5.41) is 4.75. The van der Waals surface area contributed by atoms with Gasteiger partial charge in [0.2, 0.25) is 0 Å². The SMILES string of the molecule is CC1CCC(NCc2ncc(Br)s2)C1. The van der Waals surface area contributed by atoms with Crippen molar-refractivity contribution >= 4 is 27.3 Å². The Kier molecular flexibility index (Phi) is 3.57. The Hall–Kier alpha value is 0.0700. The molecule has 1 fully saturated rings. The maximum Gasteiger partial charge on any atom is 0.107 e. The summed E-state index contributed by atoms with van der Waals surface area (Å²) < 4.78 is 1.12. The molecule has 78 valence electrons. The van der Waals surface area contributed by atoms with Gasteiger partial charge in [-0.25, -0.2) is 4.98 Å². The quantitative estimate of drug-likeness (QED) is 0.916. The van der Waals surface area contributed by atoms with E-state index in [0.717, 1.165) is 16.2 Å². The van der Waals surface area contributed by atoms with Crippen LogP contribution >= 0.6 is 27.3 Å². The number of hydrogen-bond donors (Lipinski definition) is 1. The zero-order valence-electron chi connectivity index (χ0n) is 8.29. The molecule has 2 rings (SSSR count). The van der Waals surface area contributed by atoms with Crippen molar-refractivity contribution in [1.29, 1.82) is 0 Å². The number of aromatic nitrogens is 1. The predicted molar refractivity (Wildman–Crippen MR) is 63.5 cm³/mol. The average Bonchev–Trinajstić information content (AvgIpc) is 2.72. The maximum absolute atomic E-state index is 4.30. The molecule has 0 radical (unpaired) electrons. The number of rotatable bonds is 3. The number of nitrogens with zero attached hydrogens (tertiary/aromatic N) is 1. The molecule has 2 atom stereocenters. The van der Waals surface area contributed by atoms with Crippen LogP contribution in [0.2, 0.25) is 0 Å². The van der Waals surface area contributed by atoms with Gasteiger partial charge in [0.1, 0.15) is 5.01 Å². The fourth-order valence-corrected chi connectivity index (χ4v) is 3.25. The minimum absolute atomic E-state index is 0.715. The lowest BCUT2D eigenvalue weighted by molar-refractivity contribution is 0.501. The highest BCUT2D eigenvalue weighted by Crippen LogP contribution is 2.25. The maximum atomic E-state index is 4.30. The van der Waals surface area contributed by atoms with E-state index < -0.39 is 0 Å². The first kappa shape index (κ1) is 10.6. The van der Waals surface area contributed by atoms with Gasteiger partial charge in [0.25, 0.3) is 0 Å². The van der Waals surface area contributed by atoms with Crippen LogP contribution in [0.5, 0.6) is 0 Å². The molecule has 1 aromatic rings. The van der Waals surface area contributed by atoms with Crippen molar-refractivity contribution in [1.82, 2.24) is 10.3 Å². The second kappa shape index (κ2) is 4.73. The van der Waals surface area contributed by atoms with Crippen LogP contribution in [-0.2, 0) is 6.54 Å². The number of halogens is 1. The van der Waals surface area contributed by atoms with Crippen LogP contribution in [0.1, 0.15) is 31.2 Å². The van der Waals surface area contributed by atoms with Crippen LogP contribution in [0.4, 0.5) is 0 Å². The van der Waals surface area contributed by atoms with Gasteiger partial charge in [0.05, 0.1) is 9.98 Å². The number of nitrogens with one attached hydrogen (secondary N) is 1. The Morgan fingerprint density at radius 1 is 1.64 bits per heavy atom. The minimum Gasteiger partial charge on any atom is -0.308 e. The van der Waals surface area contributed by atoms with Gasteiger partial charge in [-0.05, 0) is 41.1 Å². The molecule has 0 amide bonds. The highest BCUT2D eigenvalue weighted by molar-refractivity contribution is 9.11. The molecule has 2 unspecified atom stereocenters. The minimum atomic E-state index is 0.715. The van der Waals surface area contributed by atoms with Gasteiger partial charge in [-0.1, -0.05) is 6.92 Å². The van der Waals surface area contributed by atoms with E-state index in [-0.39, 0.29) is 0 Å². The molecule has 0 spiro atoms. The summed E-state index contributed by atoms with van der Waals surface area (Å²) in [6, 6.07) is 0.715. The second-order valence-corrected chi connectivity index (χ2v) is 6.55. The third-order valence-electron chi connectivity index (χ3n) is 2.76. The van der Waals surface area contributed by atoms with E-state index in [1.165, 1.54) is 24.3 Å². The molecule has 0 bridgehead atoms. The number of thiazole rings is 1. The van der Waals surface area contributed by atoms with Gasteiger partial charge in [0.15, 0.2) is 0 Å². The van der Waals surface area contributed by atoms with Gasteiger partial charge in [-0.3, -0.25) is 0 Å². The summed E-state index contributed by atoms with van der Waals surface area (Å²) >= 11 is 5.14. The van der Waals surface area contributed by atoms with Crippen LogP contribution in [0.25, 0.3) is 0 Å².